The van der Waals surface area contributed by atoms with E-state index in [-0.39, 0.29) is 11.8 Å². The highest BCUT2D eigenvalue weighted by Gasteiger charge is 2.13. The van der Waals surface area contributed by atoms with E-state index in [1.165, 1.54) is 6.08 Å². The maximum absolute atomic E-state index is 12.0. The Balaban J connectivity index is 2.37. The van der Waals surface area contributed by atoms with Gasteiger partial charge in [0, 0.05) is 30.6 Å². The first-order chi connectivity index (χ1) is 12.8. The number of aliphatic imine (C=N–C) groups is 1. The van der Waals surface area contributed by atoms with E-state index < -0.39 is 0 Å². The monoisotopic (exact) mass is 364 g/mol. The van der Waals surface area contributed by atoms with Crippen LogP contribution < -0.4 is 10.6 Å². The molecule has 0 unspecified atom stereocenters. The van der Waals surface area contributed by atoms with Gasteiger partial charge in [0.25, 0.3) is 5.91 Å². The summed E-state index contributed by atoms with van der Waals surface area (Å²) >= 11 is 0. The highest BCUT2D eigenvalue weighted by atomic mass is 16.2. The lowest BCUT2D eigenvalue weighted by Gasteiger charge is -2.09. The standard InChI is InChI=1S/C21H24N4O2/c1-7-17(24-20(26)8-2)14(4)23-13(3)15-9-10-16-12-19(21(27)22-5)25(6)18(16)11-15/h7-12H,2-3H2,1,4-6H3,(H,22,27)(H,24,26)/b17-7+,23-14?. The summed E-state index contributed by atoms with van der Waals surface area (Å²) in [6.07, 6.45) is 2.97. The maximum Gasteiger partial charge on any atom is 0.267 e. The second-order valence-corrected chi connectivity index (χ2v) is 5.98. The fourth-order valence-corrected chi connectivity index (χ4v) is 2.74. The summed E-state index contributed by atoms with van der Waals surface area (Å²) in [6, 6.07) is 7.63. The summed E-state index contributed by atoms with van der Waals surface area (Å²) in [5, 5.41) is 6.32. The van der Waals surface area contributed by atoms with Crippen molar-refractivity contribution >= 4 is 34.1 Å². The summed E-state index contributed by atoms with van der Waals surface area (Å²) in [6.45, 7) is 11.1. The molecule has 0 bridgehead atoms. The van der Waals surface area contributed by atoms with Crippen LogP contribution >= 0.6 is 0 Å². The number of hydrogen-bond acceptors (Lipinski definition) is 3. The SMILES string of the molecule is C=CC(=O)N/C(=C/C)C(C)=NC(=C)c1ccc2cc(C(=O)NC)n(C)c2c1. The molecule has 1 aromatic heterocycles. The van der Waals surface area contributed by atoms with Crippen LogP contribution in [0.3, 0.4) is 0 Å². The van der Waals surface area contributed by atoms with Gasteiger partial charge in [-0.15, -0.1) is 0 Å². The number of amides is 2. The Kier molecular flexibility index (Phi) is 6.13. The minimum Gasteiger partial charge on any atom is -0.354 e. The molecule has 0 aliphatic carbocycles. The second-order valence-electron chi connectivity index (χ2n) is 5.98. The molecule has 0 saturated carbocycles. The van der Waals surface area contributed by atoms with Crippen LogP contribution in [0.2, 0.25) is 0 Å². The van der Waals surface area contributed by atoms with Gasteiger partial charge in [-0.25, -0.2) is 0 Å². The Labute approximate surface area is 159 Å². The van der Waals surface area contributed by atoms with Crippen molar-refractivity contribution in [1.29, 1.82) is 0 Å². The van der Waals surface area contributed by atoms with Gasteiger partial charge in [-0.3, -0.25) is 14.6 Å². The van der Waals surface area contributed by atoms with Crippen LogP contribution in [-0.4, -0.2) is 29.1 Å². The van der Waals surface area contributed by atoms with Crippen LogP contribution in [0.5, 0.6) is 0 Å². The van der Waals surface area contributed by atoms with Crippen molar-refractivity contribution in [3.05, 3.63) is 66.5 Å². The Morgan fingerprint density at radius 2 is 1.96 bits per heavy atom. The Morgan fingerprint density at radius 1 is 1.26 bits per heavy atom. The van der Waals surface area contributed by atoms with Crippen LogP contribution in [-0.2, 0) is 11.8 Å². The average Bonchev–Trinajstić information content (AvgIpc) is 3.01. The van der Waals surface area contributed by atoms with Crippen molar-refractivity contribution in [1.82, 2.24) is 15.2 Å². The fourth-order valence-electron chi connectivity index (χ4n) is 2.74. The third-order valence-corrected chi connectivity index (χ3v) is 4.26. The number of benzene rings is 1. The second kappa shape index (κ2) is 8.31. The van der Waals surface area contributed by atoms with Gasteiger partial charge in [0.1, 0.15) is 5.69 Å². The number of carbonyl (C=O) groups excluding carboxylic acids is 2. The molecular formula is C21H24N4O2. The van der Waals surface area contributed by atoms with Gasteiger partial charge in [-0.1, -0.05) is 31.4 Å². The van der Waals surface area contributed by atoms with Crippen LogP contribution in [0.4, 0.5) is 0 Å². The zero-order valence-corrected chi connectivity index (χ0v) is 16.1. The van der Waals surface area contributed by atoms with Gasteiger partial charge < -0.3 is 15.2 Å². The molecule has 140 valence electrons. The van der Waals surface area contributed by atoms with Crippen molar-refractivity contribution < 1.29 is 9.59 Å². The minimum absolute atomic E-state index is 0.140. The van der Waals surface area contributed by atoms with E-state index in [0.29, 0.717) is 22.8 Å². The number of rotatable bonds is 6. The number of nitrogens with zero attached hydrogens (tertiary/aromatic N) is 2. The molecule has 2 N–H and O–H groups in total. The van der Waals surface area contributed by atoms with Crippen molar-refractivity contribution in [3.8, 4) is 0 Å². The number of nitrogens with one attached hydrogen (secondary N) is 2. The molecule has 0 aliphatic rings. The molecule has 6 heteroatoms. The van der Waals surface area contributed by atoms with Crippen LogP contribution in [0, 0.1) is 0 Å². The van der Waals surface area contributed by atoms with Gasteiger partial charge >= 0.3 is 0 Å². The topological polar surface area (TPSA) is 75.5 Å². The van der Waals surface area contributed by atoms with Crippen LogP contribution in [0.15, 0.2) is 60.3 Å². The van der Waals surface area contributed by atoms with Crippen molar-refractivity contribution in [2.45, 2.75) is 13.8 Å². The molecule has 27 heavy (non-hydrogen) atoms. The van der Waals surface area contributed by atoms with E-state index in [1.54, 1.807) is 20.0 Å². The number of carbonyl (C=O) groups is 2. The predicted molar refractivity (Wildman–Crippen MR) is 111 cm³/mol. The Bertz CT molecular complexity index is 993. The van der Waals surface area contributed by atoms with E-state index >= 15 is 0 Å². The number of fused-ring (bicyclic) bond motifs is 1. The minimum atomic E-state index is -0.296. The van der Waals surface area contributed by atoms with E-state index in [0.717, 1.165) is 16.5 Å². The molecule has 0 spiro atoms. The van der Waals surface area contributed by atoms with Crippen LogP contribution in [0.1, 0.15) is 29.9 Å². The first-order valence-electron chi connectivity index (χ1n) is 8.48. The van der Waals surface area contributed by atoms with E-state index in [9.17, 15) is 9.59 Å². The number of hydrogen-bond donors (Lipinski definition) is 2. The zero-order valence-electron chi connectivity index (χ0n) is 16.1. The molecule has 2 aromatic rings. The third kappa shape index (κ3) is 4.23. The van der Waals surface area contributed by atoms with E-state index in [2.05, 4.69) is 28.8 Å². The lowest BCUT2D eigenvalue weighted by atomic mass is 10.1. The first-order valence-corrected chi connectivity index (χ1v) is 8.48. The number of allylic oxidation sites excluding steroid dienone is 2. The smallest absolute Gasteiger partial charge is 0.267 e. The van der Waals surface area contributed by atoms with E-state index in [4.69, 9.17) is 0 Å². The Morgan fingerprint density at radius 3 is 2.56 bits per heavy atom. The summed E-state index contributed by atoms with van der Waals surface area (Å²) in [5.74, 6) is -0.436. The summed E-state index contributed by atoms with van der Waals surface area (Å²) in [4.78, 5) is 28.0. The van der Waals surface area contributed by atoms with Gasteiger partial charge in [-0.2, -0.15) is 0 Å². The lowest BCUT2D eigenvalue weighted by Crippen LogP contribution is -2.24. The molecular weight excluding hydrogens is 340 g/mol. The fraction of sp³-hybridized carbons (Fsp3) is 0.190. The molecule has 0 radical (unpaired) electrons. The highest BCUT2D eigenvalue weighted by molar-refractivity contribution is 6.05. The average molecular weight is 364 g/mol. The largest absolute Gasteiger partial charge is 0.354 e. The normalized spacial score (nSPS) is 12.0. The van der Waals surface area contributed by atoms with Gasteiger partial charge in [0.05, 0.1) is 17.1 Å². The summed E-state index contributed by atoms with van der Waals surface area (Å²) < 4.78 is 1.84. The molecule has 6 nitrogen and oxygen atoms in total. The quantitative estimate of drug-likeness (QED) is 0.610. The van der Waals surface area contributed by atoms with Gasteiger partial charge in [-0.05, 0) is 32.1 Å². The van der Waals surface area contributed by atoms with Crippen molar-refractivity contribution in [3.63, 3.8) is 0 Å². The molecule has 2 amide bonds. The lowest BCUT2D eigenvalue weighted by molar-refractivity contribution is -0.115. The summed E-state index contributed by atoms with van der Waals surface area (Å²) in [5.41, 5.74) is 4.12. The molecule has 0 aliphatic heterocycles. The molecule has 2 rings (SSSR count). The third-order valence-electron chi connectivity index (χ3n) is 4.26. The summed E-state index contributed by atoms with van der Waals surface area (Å²) in [7, 11) is 3.45. The first kappa shape index (κ1) is 19.9. The molecule has 1 aromatic carbocycles. The molecule has 0 saturated heterocycles. The molecule has 0 atom stereocenters. The highest BCUT2D eigenvalue weighted by Crippen LogP contribution is 2.24. The van der Waals surface area contributed by atoms with Crippen molar-refractivity contribution in [2.75, 3.05) is 7.05 Å². The van der Waals surface area contributed by atoms with Crippen molar-refractivity contribution in [2.24, 2.45) is 12.0 Å². The Hall–Kier alpha value is -3.41. The molecule has 0 fully saturated rings. The number of aromatic nitrogens is 1. The molecule has 1 heterocycles. The van der Waals surface area contributed by atoms with Gasteiger partial charge in [0.2, 0.25) is 5.91 Å². The number of aryl methyl sites for hydroxylation is 1. The van der Waals surface area contributed by atoms with E-state index in [1.807, 2.05) is 42.8 Å². The maximum atomic E-state index is 12.0. The zero-order chi connectivity index (χ0) is 20.1. The van der Waals surface area contributed by atoms with Gasteiger partial charge in [0.15, 0.2) is 0 Å². The van der Waals surface area contributed by atoms with Crippen LogP contribution in [0.25, 0.3) is 16.6 Å². The predicted octanol–water partition coefficient (Wildman–Crippen LogP) is 3.18.